The first-order valence-electron chi connectivity index (χ1n) is 8.26. The standard InChI is InChI=1S/C18H24F2N4S/c1-5-21-18(24(4)10-15-11-25-13(3)23-15)22-9-12(2)16-7-6-14(19)8-17(16)20/h6-8,11-12H,5,9-10H2,1-4H3,(H,21,22). The molecule has 1 heterocycles. The highest BCUT2D eigenvalue weighted by molar-refractivity contribution is 7.09. The number of aryl methyl sites for hydroxylation is 1. The number of aromatic nitrogens is 1. The normalized spacial score (nSPS) is 13.0. The molecule has 136 valence electrons. The van der Waals surface area contributed by atoms with Crippen LogP contribution in [0.4, 0.5) is 8.78 Å². The summed E-state index contributed by atoms with van der Waals surface area (Å²) in [6.45, 7) is 7.65. The van der Waals surface area contributed by atoms with Gasteiger partial charge in [-0.25, -0.2) is 13.8 Å². The summed E-state index contributed by atoms with van der Waals surface area (Å²) in [6.07, 6.45) is 0. The minimum absolute atomic E-state index is 0.149. The second-order valence-corrected chi connectivity index (χ2v) is 7.04. The summed E-state index contributed by atoms with van der Waals surface area (Å²) in [6, 6.07) is 3.68. The molecule has 0 radical (unpaired) electrons. The minimum atomic E-state index is -0.566. The van der Waals surface area contributed by atoms with Crippen LogP contribution in [0.3, 0.4) is 0 Å². The topological polar surface area (TPSA) is 40.5 Å². The van der Waals surface area contributed by atoms with Gasteiger partial charge in [-0.2, -0.15) is 0 Å². The van der Waals surface area contributed by atoms with Crippen molar-refractivity contribution in [1.29, 1.82) is 0 Å². The number of rotatable bonds is 6. The Bertz CT molecular complexity index is 730. The van der Waals surface area contributed by atoms with Gasteiger partial charge in [0.1, 0.15) is 11.6 Å². The van der Waals surface area contributed by atoms with E-state index in [1.54, 1.807) is 11.3 Å². The summed E-state index contributed by atoms with van der Waals surface area (Å²) in [5, 5.41) is 6.30. The quantitative estimate of drug-likeness (QED) is 0.622. The maximum absolute atomic E-state index is 13.9. The van der Waals surface area contributed by atoms with E-state index >= 15 is 0 Å². The molecule has 4 nitrogen and oxygen atoms in total. The van der Waals surface area contributed by atoms with Crippen LogP contribution < -0.4 is 5.32 Å². The molecule has 0 aliphatic heterocycles. The van der Waals surface area contributed by atoms with E-state index < -0.39 is 11.6 Å². The molecule has 2 rings (SSSR count). The van der Waals surface area contributed by atoms with Crippen LogP contribution in [0.2, 0.25) is 0 Å². The van der Waals surface area contributed by atoms with E-state index in [1.165, 1.54) is 12.1 Å². The van der Waals surface area contributed by atoms with Gasteiger partial charge in [-0.3, -0.25) is 4.99 Å². The number of aliphatic imine (C=N–C) groups is 1. The Hall–Kier alpha value is -2.02. The molecule has 0 amide bonds. The molecule has 1 aromatic heterocycles. The van der Waals surface area contributed by atoms with Crippen molar-refractivity contribution in [3.63, 3.8) is 0 Å². The summed E-state index contributed by atoms with van der Waals surface area (Å²) in [4.78, 5) is 11.1. The Morgan fingerprint density at radius 1 is 1.40 bits per heavy atom. The number of thiazole rings is 1. The fourth-order valence-electron chi connectivity index (χ4n) is 2.49. The zero-order valence-corrected chi connectivity index (χ0v) is 15.8. The maximum atomic E-state index is 13.9. The highest BCUT2D eigenvalue weighted by Gasteiger charge is 2.13. The first kappa shape index (κ1) is 19.3. The fraction of sp³-hybridized carbons (Fsp3) is 0.444. The van der Waals surface area contributed by atoms with Crippen LogP contribution in [0.15, 0.2) is 28.6 Å². The monoisotopic (exact) mass is 366 g/mol. The van der Waals surface area contributed by atoms with Gasteiger partial charge in [0.15, 0.2) is 5.96 Å². The maximum Gasteiger partial charge on any atom is 0.194 e. The van der Waals surface area contributed by atoms with Crippen LogP contribution in [0, 0.1) is 18.6 Å². The molecule has 1 unspecified atom stereocenters. The lowest BCUT2D eigenvalue weighted by molar-refractivity contribution is 0.469. The van der Waals surface area contributed by atoms with Crippen LogP contribution in [-0.4, -0.2) is 36.0 Å². The van der Waals surface area contributed by atoms with Crippen molar-refractivity contribution in [3.8, 4) is 0 Å². The molecule has 0 spiro atoms. The SMILES string of the molecule is CCNC(=NCC(C)c1ccc(F)cc1F)N(C)Cc1csc(C)n1. The third-order valence-corrected chi connectivity index (χ3v) is 4.59. The summed E-state index contributed by atoms with van der Waals surface area (Å²) in [7, 11) is 1.94. The molecule has 7 heteroatoms. The van der Waals surface area contributed by atoms with E-state index in [9.17, 15) is 8.78 Å². The smallest absolute Gasteiger partial charge is 0.194 e. The molecule has 0 aliphatic rings. The van der Waals surface area contributed by atoms with Gasteiger partial charge in [0.05, 0.1) is 17.2 Å². The molecule has 1 atom stereocenters. The first-order chi connectivity index (χ1) is 11.9. The third-order valence-electron chi connectivity index (χ3n) is 3.77. The molecule has 0 saturated carbocycles. The lowest BCUT2D eigenvalue weighted by atomic mass is 10.0. The number of hydrogen-bond donors (Lipinski definition) is 1. The molecule has 25 heavy (non-hydrogen) atoms. The molecule has 0 aliphatic carbocycles. The van der Waals surface area contributed by atoms with E-state index in [0.29, 0.717) is 18.7 Å². The van der Waals surface area contributed by atoms with Crippen molar-refractivity contribution in [2.75, 3.05) is 20.1 Å². The number of halogens is 2. The average Bonchev–Trinajstić information content (AvgIpc) is 2.96. The number of guanidine groups is 1. The molecule has 0 fully saturated rings. The van der Waals surface area contributed by atoms with Crippen molar-refractivity contribution in [2.45, 2.75) is 33.2 Å². The zero-order valence-electron chi connectivity index (χ0n) is 15.0. The Balaban J connectivity index is 2.07. The van der Waals surface area contributed by atoms with E-state index in [4.69, 9.17) is 0 Å². The summed E-state index contributed by atoms with van der Waals surface area (Å²) >= 11 is 1.62. The van der Waals surface area contributed by atoms with Crippen LogP contribution >= 0.6 is 11.3 Å². The third kappa shape index (κ3) is 5.49. The molecule has 1 aromatic carbocycles. The molecule has 0 bridgehead atoms. The van der Waals surface area contributed by atoms with Gasteiger partial charge in [-0.05, 0) is 25.5 Å². The van der Waals surface area contributed by atoms with Gasteiger partial charge < -0.3 is 10.2 Å². The first-order valence-corrected chi connectivity index (χ1v) is 9.14. The highest BCUT2D eigenvalue weighted by Crippen LogP contribution is 2.20. The average molecular weight is 366 g/mol. The van der Waals surface area contributed by atoms with Crippen molar-refractivity contribution < 1.29 is 8.78 Å². The molecule has 2 aromatic rings. The number of hydrogen-bond acceptors (Lipinski definition) is 3. The lowest BCUT2D eigenvalue weighted by Crippen LogP contribution is -2.38. The minimum Gasteiger partial charge on any atom is -0.357 e. The van der Waals surface area contributed by atoms with Crippen molar-refractivity contribution in [3.05, 3.63) is 51.5 Å². The van der Waals surface area contributed by atoms with Gasteiger partial charge >= 0.3 is 0 Å². The van der Waals surface area contributed by atoms with Crippen LogP contribution in [0.1, 0.15) is 36.0 Å². The summed E-state index contributed by atoms with van der Waals surface area (Å²) in [5.74, 6) is -0.505. The van der Waals surface area contributed by atoms with Crippen molar-refractivity contribution in [2.24, 2.45) is 4.99 Å². The summed E-state index contributed by atoms with van der Waals surface area (Å²) in [5.41, 5.74) is 1.46. The molecule has 0 saturated heterocycles. The number of nitrogens with zero attached hydrogens (tertiary/aromatic N) is 3. The molecular weight excluding hydrogens is 342 g/mol. The van der Waals surface area contributed by atoms with E-state index in [-0.39, 0.29) is 5.92 Å². The highest BCUT2D eigenvalue weighted by atomic mass is 32.1. The Labute approximate surface area is 151 Å². The van der Waals surface area contributed by atoms with Gasteiger partial charge in [-0.15, -0.1) is 11.3 Å². The van der Waals surface area contributed by atoms with E-state index in [2.05, 4.69) is 15.3 Å². The second kappa shape index (κ2) is 8.89. The predicted molar refractivity (Wildman–Crippen MR) is 99.1 cm³/mol. The lowest BCUT2D eigenvalue weighted by Gasteiger charge is -2.22. The largest absolute Gasteiger partial charge is 0.357 e. The second-order valence-electron chi connectivity index (χ2n) is 5.98. The Kier molecular flexibility index (Phi) is 6.87. The number of nitrogens with one attached hydrogen (secondary N) is 1. The van der Waals surface area contributed by atoms with Gasteiger partial charge in [0.2, 0.25) is 0 Å². The van der Waals surface area contributed by atoms with Gasteiger partial charge in [-0.1, -0.05) is 13.0 Å². The van der Waals surface area contributed by atoms with E-state index in [1.807, 2.05) is 38.1 Å². The van der Waals surface area contributed by atoms with Gasteiger partial charge in [0.25, 0.3) is 0 Å². The Morgan fingerprint density at radius 2 is 2.16 bits per heavy atom. The van der Waals surface area contributed by atoms with Crippen molar-refractivity contribution >= 4 is 17.3 Å². The van der Waals surface area contributed by atoms with Crippen LogP contribution in [-0.2, 0) is 6.54 Å². The Morgan fingerprint density at radius 3 is 2.76 bits per heavy atom. The van der Waals surface area contributed by atoms with E-state index in [0.717, 1.165) is 29.3 Å². The molecule has 1 N–H and O–H groups in total. The van der Waals surface area contributed by atoms with Crippen LogP contribution in [0.5, 0.6) is 0 Å². The zero-order chi connectivity index (χ0) is 18.4. The molecular formula is C18H24F2N4S. The predicted octanol–water partition coefficient (Wildman–Crippen LogP) is 3.93. The van der Waals surface area contributed by atoms with Gasteiger partial charge in [0, 0.05) is 37.5 Å². The van der Waals surface area contributed by atoms with Crippen molar-refractivity contribution in [1.82, 2.24) is 15.2 Å². The fourth-order valence-corrected chi connectivity index (χ4v) is 3.10. The van der Waals surface area contributed by atoms with Crippen LogP contribution in [0.25, 0.3) is 0 Å². The summed E-state index contributed by atoms with van der Waals surface area (Å²) < 4.78 is 27.0. The number of benzene rings is 1.